The fourth-order valence-electron chi connectivity index (χ4n) is 1.79. The maximum absolute atomic E-state index is 12.1. The van der Waals surface area contributed by atoms with Crippen molar-refractivity contribution in [3.8, 4) is 0 Å². The Morgan fingerprint density at radius 1 is 1.28 bits per heavy atom. The number of para-hydroxylation sites is 1. The Bertz CT molecular complexity index is 732. The molecule has 88 valence electrons. The van der Waals surface area contributed by atoms with Gasteiger partial charge in [-0.25, -0.2) is 0 Å². The zero-order valence-corrected chi connectivity index (χ0v) is 9.74. The van der Waals surface area contributed by atoms with Crippen LogP contribution in [0.4, 0.5) is 0 Å². The molecule has 3 rings (SSSR count). The van der Waals surface area contributed by atoms with Crippen molar-refractivity contribution in [3.63, 3.8) is 0 Å². The average Bonchev–Trinajstić information content (AvgIpc) is 2.84. The minimum atomic E-state index is -0.165. The zero-order valence-electron chi connectivity index (χ0n) is 9.74. The molecule has 0 amide bonds. The van der Waals surface area contributed by atoms with E-state index in [2.05, 4.69) is 15.3 Å². The molecule has 5 heteroatoms. The molecule has 0 spiro atoms. The van der Waals surface area contributed by atoms with Crippen molar-refractivity contribution >= 4 is 16.7 Å². The third-order valence-electron chi connectivity index (χ3n) is 2.69. The van der Waals surface area contributed by atoms with E-state index < -0.39 is 0 Å². The van der Waals surface area contributed by atoms with Crippen LogP contribution in [0.2, 0.25) is 0 Å². The number of hydrogen-bond acceptors (Lipinski definition) is 4. The number of carbonyl (C=O) groups excluding carboxylic acids is 1. The summed E-state index contributed by atoms with van der Waals surface area (Å²) in [6, 6.07) is 9.49. The van der Waals surface area contributed by atoms with Gasteiger partial charge in [0.1, 0.15) is 0 Å². The quantitative estimate of drug-likeness (QED) is 0.636. The Morgan fingerprint density at radius 3 is 2.89 bits per heavy atom. The van der Waals surface area contributed by atoms with E-state index in [1.54, 1.807) is 19.4 Å². The maximum atomic E-state index is 12.1. The molecule has 1 aromatic carbocycles. The van der Waals surface area contributed by atoms with Gasteiger partial charge in [-0.2, -0.15) is 0 Å². The number of pyridine rings is 1. The Morgan fingerprint density at radius 2 is 2.11 bits per heavy atom. The van der Waals surface area contributed by atoms with Crippen molar-refractivity contribution < 1.29 is 4.79 Å². The lowest BCUT2D eigenvalue weighted by Gasteiger charge is -1.99. The number of fused-ring (bicyclic) bond motifs is 1. The Kier molecular flexibility index (Phi) is 2.37. The summed E-state index contributed by atoms with van der Waals surface area (Å²) < 4.78 is 1.50. The van der Waals surface area contributed by atoms with Gasteiger partial charge >= 0.3 is 0 Å². The average molecular weight is 238 g/mol. The molecule has 0 saturated carbocycles. The first kappa shape index (κ1) is 10.6. The van der Waals surface area contributed by atoms with Crippen molar-refractivity contribution in [1.29, 1.82) is 0 Å². The monoisotopic (exact) mass is 238 g/mol. The summed E-state index contributed by atoms with van der Waals surface area (Å²) in [7, 11) is 1.72. The molecule has 0 radical (unpaired) electrons. The molecule has 0 aliphatic carbocycles. The molecule has 2 aromatic heterocycles. The molecule has 0 fully saturated rings. The lowest BCUT2D eigenvalue weighted by Crippen LogP contribution is -2.02. The molecule has 0 aliphatic heterocycles. The number of hydrogen-bond donors (Lipinski definition) is 0. The van der Waals surface area contributed by atoms with E-state index in [9.17, 15) is 4.79 Å². The highest BCUT2D eigenvalue weighted by Gasteiger charge is 2.13. The van der Waals surface area contributed by atoms with E-state index in [1.807, 2.05) is 30.3 Å². The van der Waals surface area contributed by atoms with Gasteiger partial charge in [-0.1, -0.05) is 23.4 Å². The van der Waals surface area contributed by atoms with E-state index in [0.29, 0.717) is 11.3 Å². The van der Waals surface area contributed by atoms with Crippen molar-refractivity contribution in [2.24, 2.45) is 7.05 Å². The molecule has 2 heterocycles. The maximum Gasteiger partial charge on any atom is 0.216 e. The van der Waals surface area contributed by atoms with Gasteiger partial charge in [0.15, 0.2) is 5.69 Å². The van der Waals surface area contributed by atoms with E-state index in [4.69, 9.17) is 0 Å². The number of aromatic nitrogens is 4. The van der Waals surface area contributed by atoms with E-state index >= 15 is 0 Å². The van der Waals surface area contributed by atoms with Gasteiger partial charge in [-0.05, 0) is 12.1 Å². The first-order valence-electron chi connectivity index (χ1n) is 5.50. The minimum Gasteiger partial charge on any atom is -0.287 e. The summed E-state index contributed by atoms with van der Waals surface area (Å²) in [5.41, 5.74) is 1.72. The van der Waals surface area contributed by atoms with Gasteiger partial charge in [0.25, 0.3) is 0 Å². The van der Waals surface area contributed by atoms with E-state index in [0.717, 1.165) is 10.9 Å². The third-order valence-corrected chi connectivity index (χ3v) is 2.69. The molecule has 0 aliphatic rings. The van der Waals surface area contributed by atoms with Gasteiger partial charge in [0, 0.05) is 24.2 Å². The third kappa shape index (κ3) is 1.75. The summed E-state index contributed by atoms with van der Waals surface area (Å²) in [5.74, 6) is -0.165. The number of nitrogens with zero attached hydrogens (tertiary/aromatic N) is 4. The highest BCUT2D eigenvalue weighted by molar-refractivity contribution is 6.08. The van der Waals surface area contributed by atoms with Crippen LogP contribution in [-0.2, 0) is 7.05 Å². The first-order valence-corrected chi connectivity index (χ1v) is 5.50. The van der Waals surface area contributed by atoms with E-state index in [1.165, 1.54) is 4.68 Å². The molecule has 0 bridgehead atoms. The van der Waals surface area contributed by atoms with Crippen LogP contribution >= 0.6 is 0 Å². The van der Waals surface area contributed by atoms with Crippen molar-refractivity contribution in [2.45, 2.75) is 0 Å². The predicted molar refractivity (Wildman–Crippen MR) is 66.2 cm³/mol. The fraction of sp³-hybridized carbons (Fsp3) is 0.0769. The highest BCUT2D eigenvalue weighted by atomic mass is 16.1. The number of aryl methyl sites for hydroxylation is 1. The topological polar surface area (TPSA) is 60.7 Å². The second-order valence-corrected chi connectivity index (χ2v) is 4.02. The summed E-state index contributed by atoms with van der Waals surface area (Å²) >= 11 is 0. The fourth-order valence-corrected chi connectivity index (χ4v) is 1.79. The first-order chi connectivity index (χ1) is 8.74. The molecule has 0 N–H and O–H groups in total. The Labute approximate surface area is 103 Å². The van der Waals surface area contributed by atoms with Crippen molar-refractivity contribution in [1.82, 2.24) is 20.0 Å². The molecular formula is C13H10N4O. The van der Waals surface area contributed by atoms with Gasteiger partial charge in [-0.3, -0.25) is 14.5 Å². The van der Waals surface area contributed by atoms with Gasteiger partial charge in [-0.15, -0.1) is 5.10 Å². The smallest absolute Gasteiger partial charge is 0.216 e. The minimum absolute atomic E-state index is 0.165. The predicted octanol–water partition coefficient (Wildman–Crippen LogP) is 1.59. The lowest BCUT2D eigenvalue weighted by atomic mass is 10.1. The number of rotatable bonds is 2. The largest absolute Gasteiger partial charge is 0.287 e. The Hall–Kier alpha value is -2.56. The number of benzene rings is 1. The lowest BCUT2D eigenvalue weighted by molar-refractivity contribution is 0.103. The normalized spacial score (nSPS) is 10.7. The zero-order chi connectivity index (χ0) is 12.5. The number of carbonyl (C=O) groups is 1. The van der Waals surface area contributed by atoms with Crippen LogP contribution in [0, 0.1) is 0 Å². The van der Waals surface area contributed by atoms with Crippen LogP contribution in [0.5, 0.6) is 0 Å². The molecule has 18 heavy (non-hydrogen) atoms. The SMILES string of the molecule is Cn1cc(C(=O)c2cnc3ccccc3c2)nn1. The van der Waals surface area contributed by atoms with Crippen molar-refractivity contribution in [3.05, 3.63) is 54.0 Å². The molecule has 0 unspecified atom stereocenters. The van der Waals surface area contributed by atoms with Crippen molar-refractivity contribution in [2.75, 3.05) is 0 Å². The Balaban J connectivity index is 2.06. The summed E-state index contributed by atoms with van der Waals surface area (Å²) in [6.07, 6.45) is 3.16. The van der Waals surface area contributed by atoms with Crippen LogP contribution in [0.3, 0.4) is 0 Å². The second-order valence-electron chi connectivity index (χ2n) is 4.02. The molecule has 5 nitrogen and oxygen atoms in total. The van der Waals surface area contributed by atoms with Gasteiger partial charge in [0.05, 0.1) is 11.7 Å². The molecule has 0 atom stereocenters. The van der Waals surface area contributed by atoms with Crippen LogP contribution in [0.25, 0.3) is 10.9 Å². The van der Waals surface area contributed by atoms with Gasteiger partial charge in [0.2, 0.25) is 5.78 Å². The number of ketones is 1. The van der Waals surface area contributed by atoms with Gasteiger partial charge < -0.3 is 0 Å². The van der Waals surface area contributed by atoms with Crippen LogP contribution < -0.4 is 0 Å². The van der Waals surface area contributed by atoms with Crippen LogP contribution in [0.1, 0.15) is 16.1 Å². The summed E-state index contributed by atoms with van der Waals surface area (Å²) in [5, 5.41) is 8.50. The standard InChI is InChI=1S/C13H10N4O/c1-17-8-12(15-16-17)13(18)10-6-9-4-2-3-5-11(9)14-7-10/h2-8H,1H3. The highest BCUT2D eigenvalue weighted by Crippen LogP contribution is 2.14. The summed E-state index contributed by atoms with van der Waals surface area (Å²) in [4.78, 5) is 16.4. The summed E-state index contributed by atoms with van der Waals surface area (Å²) in [6.45, 7) is 0. The molecular weight excluding hydrogens is 228 g/mol. The molecule has 0 saturated heterocycles. The van der Waals surface area contributed by atoms with Crippen LogP contribution in [0.15, 0.2) is 42.7 Å². The van der Waals surface area contributed by atoms with Crippen LogP contribution in [-0.4, -0.2) is 25.8 Å². The second kappa shape index (κ2) is 4.03. The van der Waals surface area contributed by atoms with E-state index in [-0.39, 0.29) is 5.78 Å². The molecule has 3 aromatic rings.